The smallest absolute Gasteiger partial charge is 0.255 e. The van der Waals surface area contributed by atoms with E-state index in [4.69, 9.17) is 21.1 Å². The highest BCUT2D eigenvalue weighted by Crippen LogP contribution is 2.26. The highest BCUT2D eigenvalue weighted by molar-refractivity contribution is 6.33. The van der Waals surface area contributed by atoms with E-state index in [9.17, 15) is 9.18 Å². The summed E-state index contributed by atoms with van der Waals surface area (Å²) in [6, 6.07) is 9.59. The average molecular weight is 393 g/mol. The van der Waals surface area contributed by atoms with E-state index in [1.165, 1.54) is 18.2 Å². The lowest BCUT2D eigenvalue weighted by atomic mass is 10.1. The van der Waals surface area contributed by atoms with Crippen molar-refractivity contribution >= 4 is 17.5 Å². The van der Waals surface area contributed by atoms with Gasteiger partial charge in [-0.05, 0) is 36.4 Å². The molecule has 0 N–H and O–H groups in total. The van der Waals surface area contributed by atoms with E-state index >= 15 is 0 Å². The number of carbonyl (C=O) groups is 1. The summed E-state index contributed by atoms with van der Waals surface area (Å²) in [4.78, 5) is 16.7. The first-order valence-corrected chi connectivity index (χ1v) is 9.07. The molecule has 1 heterocycles. The molecule has 1 aliphatic rings. The van der Waals surface area contributed by atoms with Crippen molar-refractivity contribution in [2.24, 2.45) is 0 Å². The predicted octanol–water partition coefficient (Wildman–Crippen LogP) is 3.45. The van der Waals surface area contributed by atoms with Crippen LogP contribution in [0.1, 0.15) is 15.9 Å². The summed E-state index contributed by atoms with van der Waals surface area (Å²) >= 11 is 6.02. The second kappa shape index (κ2) is 8.59. The fourth-order valence-electron chi connectivity index (χ4n) is 3.19. The Hall–Kier alpha value is -2.31. The molecule has 1 amide bonds. The number of methoxy groups -OCH3 is 2. The fourth-order valence-corrected chi connectivity index (χ4v) is 3.44. The van der Waals surface area contributed by atoms with Crippen molar-refractivity contribution in [3.05, 3.63) is 58.4 Å². The minimum absolute atomic E-state index is 0.142. The average Bonchev–Trinajstić information content (AvgIpc) is 2.68. The van der Waals surface area contributed by atoms with Gasteiger partial charge in [-0.2, -0.15) is 0 Å². The summed E-state index contributed by atoms with van der Waals surface area (Å²) in [5.41, 5.74) is 1.37. The number of ether oxygens (including phenoxy) is 2. The molecule has 0 atom stereocenters. The molecule has 1 saturated heterocycles. The van der Waals surface area contributed by atoms with Crippen LogP contribution in [-0.4, -0.2) is 56.1 Å². The van der Waals surface area contributed by atoms with E-state index in [0.29, 0.717) is 25.2 Å². The first kappa shape index (κ1) is 19.5. The fraction of sp³-hybridized carbons (Fsp3) is 0.350. The topological polar surface area (TPSA) is 42.0 Å². The number of amides is 1. The molecule has 5 nitrogen and oxygen atoms in total. The molecule has 144 valence electrons. The molecular formula is C20H22ClFN2O3. The molecule has 0 aromatic heterocycles. The Balaban J connectivity index is 1.63. The first-order valence-electron chi connectivity index (χ1n) is 8.69. The van der Waals surface area contributed by atoms with Crippen LogP contribution in [0, 0.1) is 5.82 Å². The Labute approximate surface area is 163 Å². The Morgan fingerprint density at radius 1 is 1.07 bits per heavy atom. The van der Waals surface area contributed by atoms with Crippen LogP contribution in [0.4, 0.5) is 4.39 Å². The van der Waals surface area contributed by atoms with Gasteiger partial charge in [-0.15, -0.1) is 0 Å². The second-order valence-corrected chi connectivity index (χ2v) is 6.78. The minimum Gasteiger partial charge on any atom is -0.497 e. The number of rotatable bonds is 5. The van der Waals surface area contributed by atoms with Gasteiger partial charge >= 0.3 is 0 Å². The largest absolute Gasteiger partial charge is 0.497 e. The molecule has 7 heteroatoms. The molecule has 0 unspecified atom stereocenters. The molecule has 0 aliphatic carbocycles. The Morgan fingerprint density at radius 2 is 1.81 bits per heavy atom. The van der Waals surface area contributed by atoms with Crippen LogP contribution in [-0.2, 0) is 6.54 Å². The van der Waals surface area contributed by atoms with Crippen LogP contribution in [0.5, 0.6) is 11.5 Å². The maximum absolute atomic E-state index is 13.2. The molecule has 1 aliphatic heterocycles. The maximum Gasteiger partial charge on any atom is 0.255 e. The van der Waals surface area contributed by atoms with Crippen LogP contribution in [0.3, 0.4) is 0 Å². The SMILES string of the molecule is COc1ccc(OC)c(CN2CCN(C(=O)c3ccc(F)cc3Cl)CC2)c1. The van der Waals surface area contributed by atoms with Crippen molar-refractivity contribution < 1.29 is 18.7 Å². The number of hydrogen-bond donors (Lipinski definition) is 0. The molecule has 3 rings (SSSR count). The Morgan fingerprint density at radius 3 is 2.44 bits per heavy atom. The normalized spacial score (nSPS) is 14.9. The number of halogens is 2. The third-order valence-corrected chi connectivity index (χ3v) is 5.02. The lowest BCUT2D eigenvalue weighted by molar-refractivity contribution is 0.0627. The zero-order valence-electron chi connectivity index (χ0n) is 15.4. The van der Waals surface area contributed by atoms with Gasteiger partial charge in [0.25, 0.3) is 5.91 Å². The first-order chi connectivity index (χ1) is 13.0. The number of benzene rings is 2. The maximum atomic E-state index is 13.2. The minimum atomic E-state index is -0.450. The molecule has 0 bridgehead atoms. The third kappa shape index (κ3) is 4.51. The molecule has 0 spiro atoms. The molecule has 1 fully saturated rings. The summed E-state index contributed by atoms with van der Waals surface area (Å²) in [5.74, 6) is 0.977. The lowest BCUT2D eigenvalue weighted by Gasteiger charge is -2.35. The van der Waals surface area contributed by atoms with Crippen LogP contribution >= 0.6 is 11.6 Å². The van der Waals surface area contributed by atoms with Gasteiger partial charge in [0.2, 0.25) is 0 Å². The van der Waals surface area contributed by atoms with Crippen LogP contribution < -0.4 is 9.47 Å². The number of nitrogens with zero attached hydrogens (tertiary/aromatic N) is 2. The molecular weight excluding hydrogens is 371 g/mol. The van der Waals surface area contributed by atoms with Gasteiger partial charge < -0.3 is 14.4 Å². The third-order valence-electron chi connectivity index (χ3n) is 4.70. The van der Waals surface area contributed by atoms with Crippen molar-refractivity contribution in [3.8, 4) is 11.5 Å². The highest BCUT2D eigenvalue weighted by atomic mass is 35.5. The standard InChI is InChI=1S/C20H22ClFN2O3/c1-26-16-4-6-19(27-2)14(11-16)13-23-7-9-24(10-8-23)20(25)17-5-3-15(22)12-18(17)21/h3-6,11-12H,7-10,13H2,1-2H3. The molecule has 2 aromatic carbocycles. The van der Waals surface area contributed by atoms with Gasteiger partial charge in [0.1, 0.15) is 17.3 Å². The van der Waals surface area contributed by atoms with E-state index < -0.39 is 5.82 Å². The summed E-state index contributed by atoms with van der Waals surface area (Å²) in [6.07, 6.45) is 0. The van der Waals surface area contributed by atoms with E-state index in [2.05, 4.69) is 4.90 Å². The zero-order chi connectivity index (χ0) is 19.4. The van der Waals surface area contributed by atoms with Gasteiger partial charge in [-0.1, -0.05) is 11.6 Å². The number of carbonyl (C=O) groups excluding carboxylic acids is 1. The highest BCUT2D eigenvalue weighted by Gasteiger charge is 2.24. The zero-order valence-corrected chi connectivity index (χ0v) is 16.1. The van der Waals surface area contributed by atoms with Crippen LogP contribution in [0.15, 0.2) is 36.4 Å². The summed E-state index contributed by atoms with van der Waals surface area (Å²) in [5, 5.41) is 0.142. The number of hydrogen-bond acceptors (Lipinski definition) is 4. The van der Waals surface area contributed by atoms with Gasteiger partial charge in [0, 0.05) is 38.3 Å². The molecule has 0 radical (unpaired) electrons. The molecule has 0 saturated carbocycles. The van der Waals surface area contributed by atoms with Gasteiger partial charge in [0.05, 0.1) is 24.8 Å². The van der Waals surface area contributed by atoms with Crippen molar-refractivity contribution in [3.63, 3.8) is 0 Å². The van der Waals surface area contributed by atoms with Crippen molar-refractivity contribution in [1.82, 2.24) is 9.80 Å². The van der Waals surface area contributed by atoms with Gasteiger partial charge in [-0.25, -0.2) is 4.39 Å². The summed E-state index contributed by atoms with van der Waals surface area (Å²) in [6.45, 7) is 3.33. The van der Waals surface area contributed by atoms with Crippen LogP contribution in [0.2, 0.25) is 5.02 Å². The van der Waals surface area contributed by atoms with E-state index in [1.807, 2.05) is 18.2 Å². The van der Waals surface area contributed by atoms with Gasteiger partial charge in [0.15, 0.2) is 0 Å². The van der Waals surface area contributed by atoms with Crippen molar-refractivity contribution in [2.75, 3.05) is 40.4 Å². The monoisotopic (exact) mass is 392 g/mol. The quantitative estimate of drug-likeness (QED) is 0.781. The second-order valence-electron chi connectivity index (χ2n) is 6.37. The summed E-state index contributed by atoms with van der Waals surface area (Å²) < 4.78 is 23.9. The van der Waals surface area contributed by atoms with Crippen molar-refractivity contribution in [1.29, 1.82) is 0 Å². The van der Waals surface area contributed by atoms with E-state index in [0.717, 1.165) is 30.2 Å². The molecule has 27 heavy (non-hydrogen) atoms. The van der Waals surface area contributed by atoms with Gasteiger partial charge in [-0.3, -0.25) is 9.69 Å². The van der Waals surface area contributed by atoms with Crippen molar-refractivity contribution in [2.45, 2.75) is 6.54 Å². The number of piperazine rings is 1. The Bertz CT molecular complexity index is 823. The van der Waals surface area contributed by atoms with E-state index in [-0.39, 0.29) is 10.9 Å². The lowest BCUT2D eigenvalue weighted by Crippen LogP contribution is -2.48. The van der Waals surface area contributed by atoms with Crippen LogP contribution in [0.25, 0.3) is 0 Å². The molecule has 2 aromatic rings. The Kier molecular flexibility index (Phi) is 6.19. The summed E-state index contributed by atoms with van der Waals surface area (Å²) in [7, 11) is 3.28. The predicted molar refractivity (Wildman–Crippen MR) is 102 cm³/mol. The van der Waals surface area contributed by atoms with E-state index in [1.54, 1.807) is 19.1 Å².